The van der Waals surface area contributed by atoms with Crippen molar-refractivity contribution in [2.24, 2.45) is 5.92 Å². The largest absolute Gasteiger partial charge is 0.480 e. The van der Waals surface area contributed by atoms with Gasteiger partial charge in [0.25, 0.3) is 0 Å². The molecule has 3 N–H and O–H groups in total. The molecule has 0 spiro atoms. The maximum absolute atomic E-state index is 11.5. The molecule has 0 bridgehead atoms. The van der Waals surface area contributed by atoms with Crippen LogP contribution < -0.4 is 10.6 Å². The minimum Gasteiger partial charge on any atom is -0.480 e. The van der Waals surface area contributed by atoms with Crippen molar-refractivity contribution >= 4 is 12.0 Å². The summed E-state index contributed by atoms with van der Waals surface area (Å²) in [4.78, 5) is 22.3. The lowest BCUT2D eigenvalue weighted by Gasteiger charge is -2.22. The summed E-state index contributed by atoms with van der Waals surface area (Å²) in [6, 6.07) is -1.37. The minimum absolute atomic E-state index is 0.208. The van der Waals surface area contributed by atoms with E-state index in [0.717, 1.165) is 26.1 Å². The lowest BCUT2D eigenvalue weighted by atomic mass is 10.0. The van der Waals surface area contributed by atoms with Crippen molar-refractivity contribution in [1.82, 2.24) is 10.6 Å². The molecule has 0 radical (unpaired) electrons. The van der Waals surface area contributed by atoms with Crippen molar-refractivity contribution in [1.29, 1.82) is 0 Å². The van der Waals surface area contributed by atoms with E-state index in [2.05, 4.69) is 17.2 Å². The normalized spacial score (nSPS) is 17.8. The molecule has 1 aliphatic rings. The quantitative estimate of drug-likeness (QED) is 0.612. The highest BCUT2D eigenvalue weighted by atomic mass is 16.5. The maximum Gasteiger partial charge on any atom is 0.326 e. The fraction of sp³-hybridized carbons (Fsp3) is 0.667. The Balaban J connectivity index is 2.26. The highest BCUT2D eigenvalue weighted by molar-refractivity contribution is 5.82. The van der Waals surface area contributed by atoms with Gasteiger partial charge in [0.05, 0.1) is 0 Å². The Bertz CT molecular complexity index is 300. The number of aliphatic carboxylic acids is 1. The average Bonchev–Trinajstić information content (AvgIpc) is 2.37. The Morgan fingerprint density at radius 2 is 2.11 bits per heavy atom. The molecule has 102 valence electrons. The van der Waals surface area contributed by atoms with Crippen LogP contribution in [0.2, 0.25) is 0 Å². The number of carbonyl (C=O) groups excluding carboxylic acids is 1. The topological polar surface area (TPSA) is 87.7 Å². The Kier molecular flexibility index (Phi) is 6.21. The van der Waals surface area contributed by atoms with E-state index in [1.54, 1.807) is 0 Å². The molecule has 2 amide bonds. The number of carbonyl (C=O) groups is 2. The van der Waals surface area contributed by atoms with E-state index in [9.17, 15) is 9.59 Å². The second-order valence-corrected chi connectivity index (χ2v) is 4.33. The number of rotatable bonds is 6. The van der Waals surface area contributed by atoms with E-state index in [1.165, 1.54) is 6.08 Å². The lowest BCUT2D eigenvalue weighted by molar-refractivity contribution is -0.139. The van der Waals surface area contributed by atoms with Gasteiger partial charge in [-0.1, -0.05) is 6.08 Å². The van der Waals surface area contributed by atoms with Gasteiger partial charge in [0, 0.05) is 19.8 Å². The molecule has 1 rings (SSSR count). The van der Waals surface area contributed by atoms with Crippen LogP contribution >= 0.6 is 0 Å². The molecule has 1 saturated heterocycles. The van der Waals surface area contributed by atoms with E-state index in [1.807, 2.05) is 0 Å². The summed E-state index contributed by atoms with van der Waals surface area (Å²) in [6.45, 7) is 5.46. The van der Waals surface area contributed by atoms with Crippen LogP contribution in [0.15, 0.2) is 12.7 Å². The van der Waals surface area contributed by atoms with Gasteiger partial charge in [0.15, 0.2) is 0 Å². The number of ether oxygens (including phenoxy) is 1. The molecule has 6 heteroatoms. The van der Waals surface area contributed by atoms with Gasteiger partial charge in [-0.15, -0.1) is 6.58 Å². The summed E-state index contributed by atoms with van der Waals surface area (Å²) in [7, 11) is 0. The standard InChI is InChI=1S/C12H20N2O4/c1-2-3-10(11(15)16)14-12(17)13-8-9-4-6-18-7-5-9/h2,9-10H,1,3-8H2,(H,15,16)(H2,13,14,17). The summed E-state index contributed by atoms with van der Waals surface area (Å²) in [5, 5.41) is 14.0. The molecule has 0 aromatic heterocycles. The van der Waals surface area contributed by atoms with Gasteiger partial charge < -0.3 is 20.5 Å². The average molecular weight is 256 g/mol. The molecule has 1 fully saturated rings. The number of hydrogen-bond acceptors (Lipinski definition) is 3. The smallest absolute Gasteiger partial charge is 0.326 e. The van der Waals surface area contributed by atoms with Crippen LogP contribution in [0.1, 0.15) is 19.3 Å². The molecule has 0 saturated carbocycles. The van der Waals surface area contributed by atoms with E-state index < -0.39 is 18.0 Å². The number of nitrogens with one attached hydrogen (secondary N) is 2. The summed E-state index contributed by atoms with van der Waals surface area (Å²) in [6.07, 6.45) is 3.53. The number of carboxylic acids is 1. The number of hydrogen-bond donors (Lipinski definition) is 3. The van der Waals surface area contributed by atoms with Gasteiger partial charge in [-0.05, 0) is 25.2 Å². The molecule has 0 aromatic rings. The third-order valence-corrected chi connectivity index (χ3v) is 2.90. The number of carboxylic acid groups (broad SMARTS) is 1. The first-order valence-corrected chi connectivity index (χ1v) is 6.09. The van der Waals surface area contributed by atoms with Crippen LogP contribution in [0.5, 0.6) is 0 Å². The third kappa shape index (κ3) is 5.18. The Morgan fingerprint density at radius 3 is 2.67 bits per heavy atom. The van der Waals surface area contributed by atoms with Crippen molar-refractivity contribution < 1.29 is 19.4 Å². The molecular weight excluding hydrogens is 236 g/mol. The number of urea groups is 1. The molecule has 1 unspecified atom stereocenters. The first kappa shape index (κ1) is 14.5. The zero-order valence-corrected chi connectivity index (χ0v) is 10.4. The summed E-state index contributed by atoms with van der Waals surface area (Å²) < 4.78 is 5.22. The van der Waals surface area contributed by atoms with E-state index in [4.69, 9.17) is 9.84 Å². The molecular formula is C12H20N2O4. The Hall–Kier alpha value is -1.56. The van der Waals surface area contributed by atoms with E-state index >= 15 is 0 Å². The molecule has 18 heavy (non-hydrogen) atoms. The van der Waals surface area contributed by atoms with Crippen LogP contribution in [0, 0.1) is 5.92 Å². The van der Waals surface area contributed by atoms with Gasteiger partial charge >= 0.3 is 12.0 Å². The van der Waals surface area contributed by atoms with Crippen LogP contribution in [-0.4, -0.2) is 42.9 Å². The fourth-order valence-corrected chi connectivity index (χ4v) is 1.78. The highest BCUT2D eigenvalue weighted by Gasteiger charge is 2.19. The summed E-state index contributed by atoms with van der Waals surface area (Å²) in [5.41, 5.74) is 0. The third-order valence-electron chi connectivity index (χ3n) is 2.90. The minimum atomic E-state index is -1.06. The monoisotopic (exact) mass is 256 g/mol. The van der Waals surface area contributed by atoms with Gasteiger partial charge in [-0.3, -0.25) is 0 Å². The first-order valence-electron chi connectivity index (χ1n) is 6.09. The molecule has 0 aromatic carbocycles. The van der Waals surface area contributed by atoms with Crippen LogP contribution in [0.25, 0.3) is 0 Å². The van der Waals surface area contributed by atoms with Crippen molar-refractivity contribution in [2.45, 2.75) is 25.3 Å². The molecule has 6 nitrogen and oxygen atoms in total. The van der Waals surface area contributed by atoms with Crippen LogP contribution in [0.4, 0.5) is 4.79 Å². The Labute approximate surface area is 106 Å². The van der Waals surface area contributed by atoms with Gasteiger partial charge in [-0.25, -0.2) is 9.59 Å². The zero-order valence-electron chi connectivity index (χ0n) is 10.4. The van der Waals surface area contributed by atoms with Crippen LogP contribution in [-0.2, 0) is 9.53 Å². The van der Waals surface area contributed by atoms with Gasteiger partial charge in [0.1, 0.15) is 6.04 Å². The molecule has 1 aliphatic heterocycles. The predicted molar refractivity (Wildman–Crippen MR) is 66.3 cm³/mol. The van der Waals surface area contributed by atoms with E-state index in [-0.39, 0.29) is 6.42 Å². The Morgan fingerprint density at radius 1 is 1.44 bits per heavy atom. The molecule has 1 heterocycles. The number of amides is 2. The van der Waals surface area contributed by atoms with E-state index in [0.29, 0.717) is 12.5 Å². The van der Waals surface area contributed by atoms with Crippen molar-refractivity contribution in [3.63, 3.8) is 0 Å². The predicted octanol–water partition coefficient (Wildman–Crippen LogP) is 0.741. The SMILES string of the molecule is C=CCC(NC(=O)NCC1CCOCC1)C(=O)O. The maximum atomic E-state index is 11.5. The van der Waals surface area contributed by atoms with Crippen molar-refractivity contribution in [3.05, 3.63) is 12.7 Å². The lowest BCUT2D eigenvalue weighted by Crippen LogP contribution is -2.47. The second kappa shape index (κ2) is 7.71. The second-order valence-electron chi connectivity index (χ2n) is 4.33. The first-order chi connectivity index (χ1) is 8.63. The summed E-state index contributed by atoms with van der Waals surface area (Å²) in [5.74, 6) is -0.650. The van der Waals surface area contributed by atoms with Gasteiger partial charge in [0.2, 0.25) is 0 Å². The van der Waals surface area contributed by atoms with Crippen molar-refractivity contribution in [3.8, 4) is 0 Å². The molecule has 0 aliphatic carbocycles. The molecule has 1 atom stereocenters. The highest BCUT2D eigenvalue weighted by Crippen LogP contribution is 2.12. The van der Waals surface area contributed by atoms with Crippen LogP contribution in [0.3, 0.4) is 0 Å². The summed E-state index contributed by atoms with van der Waals surface area (Å²) >= 11 is 0. The zero-order chi connectivity index (χ0) is 13.4. The van der Waals surface area contributed by atoms with Crippen molar-refractivity contribution in [2.75, 3.05) is 19.8 Å². The fourth-order valence-electron chi connectivity index (χ4n) is 1.78. The van der Waals surface area contributed by atoms with Gasteiger partial charge in [-0.2, -0.15) is 0 Å².